The molecule has 0 atom stereocenters. The highest BCUT2D eigenvalue weighted by molar-refractivity contribution is 7.99. The molecule has 1 fully saturated rings. The molecular weight excluding hydrogens is 296 g/mol. The number of aromatic nitrogens is 4. The average molecular weight is 310 g/mol. The number of nitrogens with zero attached hydrogens (tertiary/aromatic N) is 4. The number of rotatable bonds is 7. The number of carbonyl (C=O) groups is 1. The maximum atomic E-state index is 10.7. The van der Waals surface area contributed by atoms with Crippen LogP contribution in [0.25, 0.3) is 11.5 Å². The van der Waals surface area contributed by atoms with E-state index >= 15 is 0 Å². The summed E-state index contributed by atoms with van der Waals surface area (Å²) in [4.78, 5) is 10.7. The number of methoxy groups -OCH3 is 1. The first-order valence-corrected chi connectivity index (χ1v) is 7.42. The summed E-state index contributed by atoms with van der Waals surface area (Å²) in [5.74, 6) is 0.295. The average Bonchev–Trinajstić information content (AvgIpc) is 3.03. The van der Waals surface area contributed by atoms with E-state index in [0.29, 0.717) is 35.1 Å². The molecule has 1 aliphatic carbocycles. The Morgan fingerprint density at radius 2 is 2.38 bits per heavy atom. The molecule has 0 aromatic carbocycles. The van der Waals surface area contributed by atoms with Crippen LogP contribution < -0.4 is 0 Å². The van der Waals surface area contributed by atoms with E-state index in [4.69, 9.17) is 14.4 Å². The molecule has 1 N–H and O–H groups in total. The molecule has 3 rings (SSSR count). The number of aliphatic carboxylic acids is 1. The van der Waals surface area contributed by atoms with Crippen LogP contribution in [0.15, 0.2) is 15.7 Å². The van der Waals surface area contributed by atoms with Gasteiger partial charge in [0.1, 0.15) is 6.61 Å². The lowest BCUT2D eigenvalue weighted by Crippen LogP contribution is -2.03. The molecule has 1 saturated carbocycles. The number of carboxylic acid groups (broad SMARTS) is 1. The second kappa shape index (κ2) is 5.86. The van der Waals surface area contributed by atoms with Crippen molar-refractivity contribution < 1.29 is 19.2 Å². The summed E-state index contributed by atoms with van der Waals surface area (Å²) < 4.78 is 12.1. The standard InChI is InChI=1S/C12H14N4O4S/c1-19-5-8-4-9(15-20-8)11-13-14-12(21-6-10(17)18)16(11)7-2-3-7/h4,7H,2-3,5-6H2,1H3,(H,17,18). The topological polar surface area (TPSA) is 103 Å². The van der Waals surface area contributed by atoms with E-state index in [2.05, 4.69) is 15.4 Å². The molecule has 2 aromatic heterocycles. The van der Waals surface area contributed by atoms with E-state index in [1.807, 2.05) is 4.57 Å². The third-order valence-corrected chi connectivity index (χ3v) is 3.90. The number of carboxylic acids is 1. The molecule has 2 aromatic rings. The molecule has 8 nitrogen and oxygen atoms in total. The van der Waals surface area contributed by atoms with Crippen LogP contribution in [-0.4, -0.2) is 43.9 Å². The molecule has 2 heterocycles. The fourth-order valence-electron chi connectivity index (χ4n) is 1.97. The predicted molar refractivity (Wildman–Crippen MR) is 72.9 cm³/mol. The predicted octanol–water partition coefficient (Wildman–Crippen LogP) is 1.59. The number of hydrogen-bond acceptors (Lipinski definition) is 7. The lowest BCUT2D eigenvalue weighted by molar-refractivity contribution is -0.133. The van der Waals surface area contributed by atoms with Crippen molar-refractivity contribution in [1.29, 1.82) is 0 Å². The molecule has 0 radical (unpaired) electrons. The third kappa shape index (κ3) is 3.08. The minimum absolute atomic E-state index is 0.0431. The molecule has 112 valence electrons. The highest BCUT2D eigenvalue weighted by atomic mass is 32.2. The Kier molecular flexibility index (Phi) is 3.93. The van der Waals surface area contributed by atoms with Crippen LogP contribution in [0, 0.1) is 0 Å². The molecule has 0 saturated heterocycles. The van der Waals surface area contributed by atoms with E-state index < -0.39 is 5.97 Å². The quantitative estimate of drug-likeness (QED) is 0.769. The fraction of sp³-hybridized carbons (Fsp3) is 0.500. The van der Waals surface area contributed by atoms with Crippen molar-refractivity contribution in [1.82, 2.24) is 19.9 Å². The Hall–Kier alpha value is -1.87. The van der Waals surface area contributed by atoms with Gasteiger partial charge < -0.3 is 14.4 Å². The van der Waals surface area contributed by atoms with Crippen LogP contribution in [0.5, 0.6) is 0 Å². The Morgan fingerprint density at radius 3 is 3.05 bits per heavy atom. The summed E-state index contributed by atoms with van der Waals surface area (Å²) in [5.41, 5.74) is 0.587. The van der Waals surface area contributed by atoms with Crippen LogP contribution in [0.3, 0.4) is 0 Å². The van der Waals surface area contributed by atoms with Gasteiger partial charge in [0.05, 0.1) is 5.75 Å². The molecule has 21 heavy (non-hydrogen) atoms. The summed E-state index contributed by atoms with van der Waals surface area (Å²) in [5, 5.41) is 21.6. The van der Waals surface area contributed by atoms with Crippen LogP contribution in [-0.2, 0) is 16.1 Å². The van der Waals surface area contributed by atoms with Gasteiger partial charge in [-0.25, -0.2) is 0 Å². The van der Waals surface area contributed by atoms with E-state index in [9.17, 15) is 4.79 Å². The van der Waals surface area contributed by atoms with Crippen molar-refractivity contribution in [3.63, 3.8) is 0 Å². The number of ether oxygens (including phenoxy) is 1. The van der Waals surface area contributed by atoms with Crippen LogP contribution in [0.2, 0.25) is 0 Å². The molecule has 0 bridgehead atoms. The summed E-state index contributed by atoms with van der Waals surface area (Å²) in [7, 11) is 1.58. The van der Waals surface area contributed by atoms with Crippen LogP contribution in [0.1, 0.15) is 24.6 Å². The van der Waals surface area contributed by atoms with Gasteiger partial charge in [-0.3, -0.25) is 9.36 Å². The molecule has 9 heteroatoms. The normalized spacial score (nSPS) is 14.5. The zero-order chi connectivity index (χ0) is 14.8. The zero-order valence-corrected chi connectivity index (χ0v) is 12.2. The lowest BCUT2D eigenvalue weighted by Gasteiger charge is -2.05. The third-order valence-electron chi connectivity index (χ3n) is 2.98. The molecule has 0 aliphatic heterocycles. The Balaban J connectivity index is 1.88. The summed E-state index contributed by atoms with van der Waals surface area (Å²) in [6.45, 7) is 0.338. The highest BCUT2D eigenvalue weighted by Crippen LogP contribution is 2.40. The van der Waals surface area contributed by atoms with E-state index in [1.165, 1.54) is 0 Å². The van der Waals surface area contributed by atoms with Crippen molar-refractivity contribution in [2.24, 2.45) is 0 Å². The van der Waals surface area contributed by atoms with Crippen LogP contribution in [0.4, 0.5) is 0 Å². The molecule has 1 aliphatic rings. The molecule has 0 amide bonds. The molecular formula is C12H14N4O4S. The largest absolute Gasteiger partial charge is 0.481 e. The molecule has 0 unspecified atom stereocenters. The van der Waals surface area contributed by atoms with Crippen molar-refractivity contribution in [2.75, 3.05) is 12.9 Å². The zero-order valence-electron chi connectivity index (χ0n) is 11.4. The number of thioether (sulfide) groups is 1. The van der Waals surface area contributed by atoms with Crippen molar-refractivity contribution in [2.45, 2.75) is 30.6 Å². The highest BCUT2D eigenvalue weighted by Gasteiger charge is 2.31. The SMILES string of the molecule is COCc1cc(-c2nnc(SCC(=O)O)n2C2CC2)no1. The minimum atomic E-state index is -0.879. The second-order valence-corrected chi connectivity index (χ2v) is 5.64. The molecule has 0 spiro atoms. The Bertz CT molecular complexity index is 649. The first-order valence-electron chi connectivity index (χ1n) is 6.43. The summed E-state index contributed by atoms with van der Waals surface area (Å²) >= 11 is 1.16. The fourth-order valence-corrected chi connectivity index (χ4v) is 2.69. The van der Waals surface area contributed by atoms with Gasteiger partial charge in [-0.1, -0.05) is 16.9 Å². The van der Waals surface area contributed by atoms with E-state index in [0.717, 1.165) is 24.6 Å². The Morgan fingerprint density at radius 1 is 1.57 bits per heavy atom. The van der Waals surface area contributed by atoms with Gasteiger partial charge >= 0.3 is 5.97 Å². The summed E-state index contributed by atoms with van der Waals surface area (Å²) in [6.07, 6.45) is 2.07. The minimum Gasteiger partial charge on any atom is -0.481 e. The monoisotopic (exact) mass is 310 g/mol. The van der Waals surface area contributed by atoms with Gasteiger partial charge in [-0.05, 0) is 12.8 Å². The van der Waals surface area contributed by atoms with Gasteiger partial charge in [-0.2, -0.15) is 0 Å². The first-order chi connectivity index (χ1) is 10.2. The van der Waals surface area contributed by atoms with Gasteiger partial charge in [0.25, 0.3) is 0 Å². The second-order valence-electron chi connectivity index (χ2n) is 4.70. The van der Waals surface area contributed by atoms with Crippen LogP contribution >= 0.6 is 11.8 Å². The van der Waals surface area contributed by atoms with Gasteiger partial charge in [0, 0.05) is 19.2 Å². The van der Waals surface area contributed by atoms with Crippen molar-refractivity contribution >= 4 is 17.7 Å². The maximum Gasteiger partial charge on any atom is 0.313 e. The first kappa shape index (κ1) is 14.1. The lowest BCUT2D eigenvalue weighted by atomic mass is 10.3. The van der Waals surface area contributed by atoms with Crippen molar-refractivity contribution in [3.05, 3.63) is 11.8 Å². The summed E-state index contributed by atoms with van der Waals surface area (Å²) in [6, 6.07) is 2.08. The van der Waals surface area contributed by atoms with Crippen molar-refractivity contribution in [3.8, 4) is 11.5 Å². The Labute approximate surface area is 124 Å². The maximum absolute atomic E-state index is 10.7. The van der Waals surface area contributed by atoms with Gasteiger partial charge in [0.15, 0.2) is 22.4 Å². The van der Waals surface area contributed by atoms with Gasteiger partial charge in [0.2, 0.25) is 0 Å². The van der Waals surface area contributed by atoms with E-state index in [-0.39, 0.29) is 5.75 Å². The van der Waals surface area contributed by atoms with Gasteiger partial charge in [-0.15, -0.1) is 10.2 Å². The smallest absolute Gasteiger partial charge is 0.313 e. The number of hydrogen-bond donors (Lipinski definition) is 1. The van der Waals surface area contributed by atoms with E-state index in [1.54, 1.807) is 13.2 Å².